The average Bonchev–Trinajstić information content (AvgIpc) is 3.19. The van der Waals surface area contributed by atoms with E-state index in [0.717, 1.165) is 32.7 Å². The van der Waals surface area contributed by atoms with E-state index >= 15 is 0 Å². The van der Waals surface area contributed by atoms with E-state index in [1.807, 2.05) is 6.07 Å². The van der Waals surface area contributed by atoms with Crippen LogP contribution >= 0.6 is 0 Å². The van der Waals surface area contributed by atoms with Crippen molar-refractivity contribution in [3.05, 3.63) is 42.0 Å². The van der Waals surface area contributed by atoms with Gasteiger partial charge < -0.3 is 14.7 Å². The fourth-order valence-electron chi connectivity index (χ4n) is 3.37. The third kappa shape index (κ3) is 6.56. The van der Waals surface area contributed by atoms with Gasteiger partial charge in [-0.1, -0.05) is 44.1 Å². The van der Waals surface area contributed by atoms with Gasteiger partial charge in [-0.3, -0.25) is 9.69 Å². The molecular formula is C22H33N5O2. The first-order valence-corrected chi connectivity index (χ1v) is 10.5. The number of rotatable bonds is 8. The van der Waals surface area contributed by atoms with Gasteiger partial charge in [0.2, 0.25) is 11.8 Å². The molecular weight excluding hydrogens is 366 g/mol. The van der Waals surface area contributed by atoms with E-state index in [0.29, 0.717) is 37.5 Å². The SMILES string of the molecule is CC(C)(C)c1noc(CCCC(=O)NCCN2CCN(c3ccccc3)CC2)n1. The summed E-state index contributed by atoms with van der Waals surface area (Å²) >= 11 is 0. The fourth-order valence-corrected chi connectivity index (χ4v) is 3.37. The molecule has 0 saturated carbocycles. The Morgan fingerprint density at radius 1 is 1.14 bits per heavy atom. The average molecular weight is 400 g/mol. The Morgan fingerprint density at radius 2 is 1.86 bits per heavy atom. The zero-order valence-electron chi connectivity index (χ0n) is 17.9. The quantitative estimate of drug-likeness (QED) is 0.736. The highest BCUT2D eigenvalue weighted by Crippen LogP contribution is 2.19. The summed E-state index contributed by atoms with van der Waals surface area (Å²) in [5.74, 6) is 1.41. The zero-order chi connectivity index (χ0) is 20.7. The predicted molar refractivity (Wildman–Crippen MR) is 114 cm³/mol. The molecule has 29 heavy (non-hydrogen) atoms. The number of hydrogen-bond acceptors (Lipinski definition) is 6. The van der Waals surface area contributed by atoms with E-state index < -0.39 is 0 Å². The van der Waals surface area contributed by atoms with E-state index in [9.17, 15) is 4.79 Å². The Bertz CT molecular complexity index is 761. The first kappa shape index (κ1) is 21.3. The van der Waals surface area contributed by atoms with Gasteiger partial charge in [0.1, 0.15) is 0 Å². The molecule has 0 aliphatic carbocycles. The maximum absolute atomic E-state index is 12.1. The van der Waals surface area contributed by atoms with Crippen LogP contribution in [0.2, 0.25) is 0 Å². The summed E-state index contributed by atoms with van der Waals surface area (Å²) in [4.78, 5) is 21.3. The molecule has 158 valence electrons. The van der Waals surface area contributed by atoms with E-state index in [2.05, 4.69) is 70.3 Å². The van der Waals surface area contributed by atoms with Gasteiger partial charge in [0.25, 0.3) is 0 Å². The molecule has 0 bridgehead atoms. The van der Waals surface area contributed by atoms with Gasteiger partial charge in [-0.15, -0.1) is 0 Å². The minimum Gasteiger partial charge on any atom is -0.369 e. The molecule has 3 rings (SSSR count). The zero-order valence-corrected chi connectivity index (χ0v) is 17.9. The minimum atomic E-state index is -0.119. The molecule has 1 fully saturated rings. The summed E-state index contributed by atoms with van der Waals surface area (Å²) in [6.07, 6.45) is 1.83. The van der Waals surface area contributed by atoms with Crippen LogP contribution in [0.4, 0.5) is 5.69 Å². The number of piperazine rings is 1. The molecule has 0 spiro atoms. The van der Waals surface area contributed by atoms with Crippen LogP contribution in [0.15, 0.2) is 34.9 Å². The monoisotopic (exact) mass is 399 g/mol. The van der Waals surface area contributed by atoms with Gasteiger partial charge in [0.15, 0.2) is 5.82 Å². The van der Waals surface area contributed by atoms with Crippen LogP contribution in [0, 0.1) is 0 Å². The minimum absolute atomic E-state index is 0.0866. The number of nitrogens with zero attached hydrogens (tertiary/aromatic N) is 4. The van der Waals surface area contributed by atoms with Crippen molar-refractivity contribution in [1.29, 1.82) is 0 Å². The topological polar surface area (TPSA) is 74.5 Å². The largest absolute Gasteiger partial charge is 0.369 e. The van der Waals surface area contributed by atoms with Crippen molar-refractivity contribution in [3.8, 4) is 0 Å². The van der Waals surface area contributed by atoms with Crippen LogP contribution < -0.4 is 10.2 Å². The van der Waals surface area contributed by atoms with Gasteiger partial charge in [-0.05, 0) is 18.6 Å². The maximum Gasteiger partial charge on any atom is 0.226 e. The maximum atomic E-state index is 12.1. The number of aromatic nitrogens is 2. The van der Waals surface area contributed by atoms with Gasteiger partial charge in [-0.25, -0.2) is 0 Å². The van der Waals surface area contributed by atoms with Gasteiger partial charge in [0, 0.05) is 63.2 Å². The number of benzene rings is 1. The molecule has 1 saturated heterocycles. The Balaban J connectivity index is 1.27. The Hall–Kier alpha value is -2.41. The number of amides is 1. The molecule has 1 N–H and O–H groups in total. The second kappa shape index (κ2) is 9.87. The summed E-state index contributed by atoms with van der Waals surface area (Å²) in [5, 5.41) is 7.04. The number of nitrogens with one attached hydrogen (secondary N) is 1. The molecule has 1 aromatic heterocycles. The summed E-state index contributed by atoms with van der Waals surface area (Å²) in [6.45, 7) is 11.9. The van der Waals surface area contributed by atoms with Gasteiger partial charge >= 0.3 is 0 Å². The second-order valence-electron chi connectivity index (χ2n) is 8.63. The van der Waals surface area contributed by atoms with E-state index in [4.69, 9.17) is 4.52 Å². The second-order valence-corrected chi connectivity index (χ2v) is 8.63. The van der Waals surface area contributed by atoms with Crippen LogP contribution in [0.3, 0.4) is 0 Å². The third-order valence-electron chi connectivity index (χ3n) is 5.18. The summed E-state index contributed by atoms with van der Waals surface area (Å²) in [6, 6.07) is 10.5. The summed E-state index contributed by atoms with van der Waals surface area (Å²) in [5.41, 5.74) is 1.17. The first-order chi connectivity index (χ1) is 13.9. The van der Waals surface area contributed by atoms with Crippen molar-refractivity contribution < 1.29 is 9.32 Å². The molecule has 1 aromatic carbocycles. The lowest BCUT2D eigenvalue weighted by atomic mass is 9.96. The van der Waals surface area contributed by atoms with E-state index in [1.54, 1.807) is 0 Å². The molecule has 2 heterocycles. The number of anilines is 1. The highest BCUT2D eigenvalue weighted by molar-refractivity contribution is 5.75. The van der Waals surface area contributed by atoms with Crippen LogP contribution in [-0.4, -0.2) is 60.2 Å². The standard InChI is InChI=1S/C22H33N5O2/c1-22(2,3)21-24-20(29-25-21)11-7-10-19(28)23-12-13-26-14-16-27(17-15-26)18-8-5-4-6-9-18/h4-6,8-9H,7,10-17H2,1-3H3,(H,23,28). The Labute approximate surface area is 173 Å². The van der Waals surface area contributed by atoms with Crippen molar-refractivity contribution in [2.75, 3.05) is 44.2 Å². The molecule has 1 amide bonds. The Kier molecular flexibility index (Phi) is 7.25. The molecule has 0 radical (unpaired) electrons. The van der Waals surface area contributed by atoms with Crippen molar-refractivity contribution in [2.45, 2.75) is 45.4 Å². The normalized spacial score (nSPS) is 15.5. The number of hydrogen-bond donors (Lipinski definition) is 1. The fraction of sp³-hybridized carbons (Fsp3) is 0.591. The van der Waals surface area contributed by atoms with E-state index in [-0.39, 0.29) is 11.3 Å². The molecule has 7 nitrogen and oxygen atoms in total. The lowest BCUT2D eigenvalue weighted by molar-refractivity contribution is -0.121. The molecule has 2 aromatic rings. The van der Waals surface area contributed by atoms with Crippen molar-refractivity contribution in [1.82, 2.24) is 20.4 Å². The molecule has 7 heteroatoms. The summed E-state index contributed by atoms with van der Waals surface area (Å²) < 4.78 is 5.27. The smallest absolute Gasteiger partial charge is 0.226 e. The van der Waals surface area contributed by atoms with Crippen LogP contribution in [0.25, 0.3) is 0 Å². The van der Waals surface area contributed by atoms with Crippen LogP contribution in [0.5, 0.6) is 0 Å². The summed E-state index contributed by atoms with van der Waals surface area (Å²) in [7, 11) is 0. The molecule has 1 aliphatic rings. The van der Waals surface area contributed by atoms with Crippen LogP contribution in [0.1, 0.15) is 45.3 Å². The number of carbonyl (C=O) groups excluding carboxylic acids is 1. The molecule has 0 unspecified atom stereocenters. The number of carbonyl (C=O) groups is 1. The highest BCUT2D eigenvalue weighted by Gasteiger charge is 2.21. The molecule has 1 aliphatic heterocycles. The predicted octanol–water partition coefficient (Wildman–Crippen LogP) is 2.63. The lowest BCUT2D eigenvalue weighted by Gasteiger charge is -2.36. The van der Waals surface area contributed by atoms with Gasteiger partial charge in [-0.2, -0.15) is 4.98 Å². The third-order valence-corrected chi connectivity index (χ3v) is 5.18. The Morgan fingerprint density at radius 3 is 2.52 bits per heavy atom. The van der Waals surface area contributed by atoms with Crippen molar-refractivity contribution >= 4 is 11.6 Å². The molecule has 0 atom stereocenters. The number of para-hydroxylation sites is 1. The van der Waals surface area contributed by atoms with Crippen LogP contribution in [-0.2, 0) is 16.6 Å². The van der Waals surface area contributed by atoms with Gasteiger partial charge in [0.05, 0.1) is 0 Å². The number of aryl methyl sites for hydroxylation is 1. The van der Waals surface area contributed by atoms with Crippen molar-refractivity contribution in [2.24, 2.45) is 0 Å². The highest BCUT2D eigenvalue weighted by atomic mass is 16.5. The first-order valence-electron chi connectivity index (χ1n) is 10.5. The lowest BCUT2D eigenvalue weighted by Crippen LogP contribution is -2.48. The van der Waals surface area contributed by atoms with Crippen molar-refractivity contribution in [3.63, 3.8) is 0 Å². The van der Waals surface area contributed by atoms with E-state index in [1.165, 1.54) is 5.69 Å².